The van der Waals surface area contributed by atoms with E-state index in [1.165, 1.54) is 38.9 Å². The molecular formula is C23H29N3O5S2. The first kappa shape index (κ1) is 23.9. The lowest BCUT2D eigenvalue weighted by Gasteiger charge is -2.26. The Balaban J connectivity index is 1.51. The topological polar surface area (TPSA) is 104 Å². The van der Waals surface area contributed by atoms with Crippen LogP contribution in [0.3, 0.4) is 0 Å². The minimum atomic E-state index is -3.64. The summed E-state index contributed by atoms with van der Waals surface area (Å²) in [5, 5.41) is 2.73. The molecule has 0 aromatic heterocycles. The molecule has 2 aliphatic heterocycles. The van der Waals surface area contributed by atoms with E-state index in [4.69, 9.17) is 0 Å². The number of nitrogens with one attached hydrogen (secondary N) is 1. The minimum Gasteiger partial charge on any atom is -0.322 e. The van der Waals surface area contributed by atoms with Crippen LogP contribution in [-0.2, 0) is 20.0 Å². The quantitative estimate of drug-likeness (QED) is 0.668. The van der Waals surface area contributed by atoms with E-state index in [9.17, 15) is 21.6 Å². The van der Waals surface area contributed by atoms with Gasteiger partial charge in [-0.15, -0.1) is 0 Å². The highest BCUT2D eigenvalue weighted by molar-refractivity contribution is 7.89. The lowest BCUT2D eigenvalue weighted by atomic mass is 10.2. The van der Waals surface area contributed by atoms with Gasteiger partial charge in [0, 0.05) is 37.4 Å². The zero-order valence-corrected chi connectivity index (χ0v) is 20.3. The van der Waals surface area contributed by atoms with Crippen LogP contribution in [0.25, 0.3) is 0 Å². The highest BCUT2D eigenvalue weighted by atomic mass is 32.2. The van der Waals surface area contributed by atoms with Crippen LogP contribution in [0.4, 0.5) is 5.69 Å². The first-order valence-electron chi connectivity index (χ1n) is 11.2. The highest BCUT2D eigenvalue weighted by Crippen LogP contribution is 2.27. The number of aryl methyl sites for hydroxylation is 1. The summed E-state index contributed by atoms with van der Waals surface area (Å²) in [4.78, 5) is 13.1. The van der Waals surface area contributed by atoms with Crippen LogP contribution in [0.5, 0.6) is 0 Å². The van der Waals surface area contributed by atoms with Gasteiger partial charge >= 0.3 is 0 Å². The fourth-order valence-corrected chi connectivity index (χ4v) is 7.54. The monoisotopic (exact) mass is 491 g/mol. The van der Waals surface area contributed by atoms with Crippen molar-refractivity contribution in [3.63, 3.8) is 0 Å². The SMILES string of the molecule is Cc1ccc(NC(=O)c2ccc(S(=O)(=O)N3CCCC3)cc2)cc1S(=O)(=O)N1CCCCC1. The van der Waals surface area contributed by atoms with Gasteiger partial charge in [0.1, 0.15) is 0 Å². The smallest absolute Gasteiger partial charge is 0.255 e. The van der Waals surface area contributed by atoms with E-state index in [1.807, 2.05) is 0 Å². The van der Waals surface area contributed by atoms with Crippen molar-refractivity contribution in [2.24, 2.45) is 0 Å². The van der Waals surface area contributed by atoms with Gasteiger partial charge in [0.2, 0.25) is 20.0 Å². The summed E-state index contributed by atoms with van der Waals surface area (Å²) >= 11 is 0. The molecule has 1 N–H and O–H groups in total. The van der Waals surface area contributed by atoms with E-state index < -0.39 is 26.0 Å². The number of sulfonamides is 2. The lowest BCUT2D eigenvalue weighted by molar-refractivity contribution is 0.102. The Labute approximate surface area is 195 Å². The molecule has 2 aliphatic rings. The largest absolute Gasteiger partial charge is 0.322 e. The third kappa shape index (κ3) is 4.98. The summed E-state index contributed by atoms with van der Waals surface area (Å²) < 4.78 is 54.5. The fourth-order valence-electron chi connectivity index (χ4n) is 4.26. The van der Waals surface area contributed by atoms with Gasteiger partial charge in [-0.3, -0.25) is 4.79 Å². The van der Waals surface area contributed by atoms with Gasteiger partial charge in [0.25, 0.3) is 5.91 Å². The standard InChI is InChI=1S/C23H29N3O5S2/c1-18-7-10-20(17-22(18)33(30,31)26-13-3-2-4-14-26)24-23(27)19-8-11-21(12-9-19)32(28,29)25-15-5-6-16-25/h7-12,17H,2-6,13-16H2,1H3,(H,24,27). The molecule has 0 atom stereocenters. The second kappa shape index (κ2) is 9.54. The number of amides is 1. The van der Waals surface area contributed by atoms with Gasteiger partial charge in [-0.25, -0.2) is 16.8 Å². The van der Waals surface area contributed by atoms with Gasteiger partial charge in [-0.1, -0.05) is 12.5 Å². The molecule has 2 aromatic carbocycles. The zero-order chi connectivity index (χ0) is 23.6. The van der Waals surface area contributed by atoms with Gasteiger partial charge in [-0.05, 0) is 74.6 Å². The molecule has 2 aromatic rings. The normalized spacial score (nSPS) is 18.3. The summed E-state index contributed by atoms with van der Waals surface area (Å²) in [6, 6.07) is 10.6. The lowest BCUT2D eigenvalue weighted by Crippen LogP contribution is -2.36. The van der Waals surface area contributed by atoms with Gasteiger partial charge in [0.05, 0.1) is 9.79 Å². The van der Waals surface area contributed by atoms with Crippen molar-refractivity contribution in [2.75, 3.05) is 31.5 Å². The Hall–Kier alpha value is -2.27. The van der Waals surface area contributed by atoms with E-state index in [-0.39, 0.29) is 15.4 Å². The van der Waals surface area contributed by atoms with E-state index in [1.54, 1.807) is 19.1 Å². The summed E-state index contributed by atoms with van der Waals surface area (Å²) in [6.45, 7) is 3.78. The molecule has 0 bridgehead atoms. The summed E-state index contributed by atoms with van der Waals surface area (Å²) in [6.07, 6.45) is 4.42. The van der Waals surface area contributed by atoms with Gasteiger partial charge in [0.15, 0.2) is 0 Å². The number of rotatable bonds is 6. The Morgan fingerprint density at radius 1 is 0.758 bits per heavy atom. The van der Waals surface area contributed by atoms with Crippen LogP contribution < -0.4 is 5.32 Å². The average molecular weight is 492 g/mol. The van der Waals surface area contributed by atoms with E-state index in [0.29, 0.717) is 37.4 Å². The molecule has 2 saturated heterocycles. The van der Waals surface area contributed by atoms with Crippen molar-refractivity contribution in [3.8, 4) is 0 Å². The number of anilines is 1. The van der Waals surface area contributed by atoms with Crippen LogP contribution in [-0.4, -0.2) is 57.5 Å². The van der Waals surface area contributed by atoms with Crippen molar-refractivity contribution in [1.29, 1.82) is 0 Å². The molecule has 0 aliphatic carbocycles. The third-order valence-corrected chi connectivity index (χ3v) is 10.2. The molecule has 1 amide bonds. The summed E-state index contributed by atoms with van der Waals surface area (Å²) in [7, 11) is -7.18. The summed E-state index contributed by atoms with van der Waals surface area (Å²) in [5.74, 6) is -0.440. The molecule has 0 unspecified atom stereocenters. The Morgan fingerprint density at radius 2 is 1.30 bits per heavy atom. The predicted molar refractivity (Wildman–Crippen MR) is 126 cm³/mol. The maximum Gasteiger partial charge on any atom is 0.255 e. The molecule has 10 heteroatoms. The van der Waals surface area contributed by atoms with Gasteiger partial charge in [-0.2, -0.15) is 8.61 Å². The van der Waals surface area contributed by atoms with E-state index in [0.717, 1.165) is 32.1 Å². The van der Waals surface area contributed by atoms with Crippen LogP contribution in [0.15, 0.2) is 52.3 Å². The fraction of sp³-hybridized carbons (Fsp3) is 0.435. The molecule has 8 nitrogen and oxygen atoms in total. The number of carbonyl (C=O) groups is 1. The van der Waals surface area contributed by atoms with Crippen molar-refractivity contribution in [1.82, 2.24) is 8.61 Å². The van der Waals surface area contributed by atoms with Crippen LogP contribution in [0.1, 0.15) is 48.0 Å². The number of carbonyl (C=O) groups excluding carboxylic acids is 1. The number of nitrogens with zero attached hydrogens (tertiary/aromatic N) is 2. The predicted octanol–water partition coefficient (Wildman–Crippen LogP) is 3.21. The molecule has 33 heavy (non-hydrogen) atoms. The molecule has 0 radical (unpaired) electrons. The first-order valence-corrected chi connectivity index (χ1v) is 14.1. The van der Waals surface area contributed by atoms with Crippen molar-refractivity contribution in [2.45, 2.75) is 48.8 Å². The number of hydrogen-bond acceptors (Lipinski definition) is 5. The van der Waals surface area contributed by atoms with Crippen LogP contribution in [0, 0.1) is 6.92 Å². The van der Waals surface area contributed by atoms with Gasteiger partial charge < -0.3 is 5.32 Å². The second-order valence-corrected chi connectivity index (χ2v) is 12.4. The molecule has 4 rings (SSSR count). The molecule has 2 fully saturated rings. The molecule has 2 heterocycles. The van der Waals surface area contributed by atoms with Crippen molar-refractivity contribution < 1.29 is 21.6 Å². The maximum absolute atomic E-state index is 13.1. The first-order chi connectivity index (χ1) is 15.7. The zero-order valence-electron chi connectivity index (χ0n) is 18.7. The minimum absolute atomic E-state index is 0.159. The number of piperidine rings is 1. The third-order valence-electron chi connectivity index (χ3n) is 6.20. The summed E-state index contributed by atoms with van der Waals surface area (Å²) in [5.41, 5.74) is 1.28. The van der Waals surface area contributed by atoms with Crippen molar-refractivity contribution >= 4 is 31.6 Å². The molecule has 0 spiro atoms. The molecular weight excluding hydrogens is 462 g/mol. The number of hydrogen-bond donors (Lipinski definition) is 1. The second-order valence-electron chi connectivity index (χ2n) is 8.53. The highest BCUT2D eigenvalue weighted by Gasteiger charge is 2.28. The average Bonchev–Trinajstić information content (AvgIpc) is 3.37. The maximum atomic E-state index is 13.1. The van der Waals surface area contributed by atoms with Crippen LogP contribution >= 0.6 is 0 Å². The molecule has 0 saturated carbocycles. The Kier molecular flexibility index (Phi) is 6.90. The Bertz CT molecular complexity index is 1230. The van der Waals surface area contributed by atoms with Crippen molar-refractivity contribution in [3.05, 3.63) is 53.6 Å². The van der Waals surface area contributed by atoms with E-state index >= 15 is 0 Å². The van der Waals surface area contributed by atoms with E-state index in [2.05, 4.69) is 5.32 Å². The number of benzene rings is 2. The molecule has 178 valence electrons. The van der Waals surface area contributed by atoms with Crippen LogP contribution in [0.2, 0.25) is 0 Å². The Morgan fingerprint density at radius 3 is 1.91 bits per heavy atom.